The van der Waals surface area contributed by atoms with Crippen LogP contribution in [0.3, 0.4) is 0 Å². The lowest BCUT2D eigenvalue weighted by Gasteiger charge is -2.20. The van der Waals surface area contributed by atoms with E-state index < -0.39 is 25.2 Å². The highest BCUT2D eigenvalue weighted by Gasteiger charge is 2.17. The lowest BCUT2D eigenvalue weighted by molar-refractivity contribution is -0.0261. The third-order valence-corrected chi connectivity index (χ3v) is 2.25. The molecule has 90 valence electrons. The number of benzene rings is 1. The lowest BCUT2D eigenvalue weighted by atomic mass is 10.0. The monoisotopic (exact) mass is 233 g/mol. The molecule has 0 aliphatic heterocycles. The molecule has 5 heteroatoms. The van der Waals surface area contributed by atoms with Gasteiger partial charge in [-0.2, -0.15) is 0 Å². The number of hydrogen-bond acceptors (Lipinski definition) is 2. The second-order valence-electron chi connectivity index (χ2n) is 3.51. The Kier molecular flexibility index (Phi) is 4.76. The maximum Gasteiger partial charge on any atom is 0.261 e. The van der Waals surface area contributed by atoms with Gasteiger partial charge >= 0.3 is 0 Å². The van der Waals surface area contributed by atoms with Gasteiger partial charge in [-0.3, -0.25) is 0 Å². The normalized spacial score (nSPS) is 15.1. The van der Waals surface area contributed by atoms with Gasteiger partial charge in [0.25, 0.3) is 6.43 Å². The Bertz CT molecular complexity index is 316. The fourth-order valence-corrected chi connectivity index (χ4v) is 1.28. The Morgan fingerprint density at radius 3 is 2.31 bits per heavy atom. The highest BCUT2D eigenvalue weighted by Crippen LogP contribution is 2.17. The van der Waals surface area contributed by atoms with Gasteiger partial charge in [0.15, 0.2) is 0 Å². The zero-order valence-corrected chi connectivity index (χ0v) is 8.87. The predicted molar refractivity (Wildman–Crippen MR) is 54.7 cm³/mol. The van der Waals surface area contributed by atoms with Crippen LogP contribution in [-0.2, 0) is 4.74 Å². The molecular formula is C11H14F3NO. The molecule has 0 aromatic heterocycles. The van der Waals surface area contributed by atoms with Gasteiger partial charge in [0.05, 0.1) is 12.1 Å². The summed E-state index contributed by atoms with van der Waals surface area (Å²) in [4.78, 5) is 0. The molecule has 1 aromatic rings. The third kappa shape index (κ3) is 3.83. The molecule has 1 rings (SSSR count). The Labute approximate surface area is 92.2 Å². The molecule has 0 amide bonds. The van der Waals surface area contributed by atoms with Gasteiger partial charge in [0, 0.05) is 0 Å². The summed E-state index contributed by atoms with van der Waals surface area (Å²) in [7, 11) is 0. The van der Waals surface area contributed by atoms with E-state index in [0.717, 1.165) is 0 Å². The number of hydrogen-bond donors (Lipinski definition) is 1. The van der Waals surface area contributed by atoms with E-state index in [1.807, 2.05) is 0 Å². The van der Waals surface area contributed by atoms with Crippen LogP contribution >= 0.6 is 0 Å². The standard InChI is InChI=1S/C11H14F3NO/c1-7(16-6-10(13)14)11(15)8-2-4-9(12)5-3-8/h2-5,7,10-11H,6,15H2,1H3. The molecule has 2 unspecified atom stereocenters. The summed E-state index contributed by atoms with van der Waals surface area (Å²) < 4.78 is 41.3. The van der Waals surface area contributed by atoms with E-state index in [1.54, 1.807) is 6.92 Å². The van der Waals surface area contributed by atoms with Gasteiger partial charge in [-0.25, -0.2) is 13.2 Å². The first kappa shape index (κ1) is 13.0. The quantitative estimate of drug-likeness (QED) is 0.848. The Morgan fingerprint density at radius 1 is 1.25 bits per heavy atom. The summed E-state index contributed by atoms with van der Waals surface area (Å²) in [6, 6.07) is 5.04. The molecule has 0 saturated heterocycles. The first-order valence-corrected chi connectivity index (χ1v) is 4.91. The predicted octanol–water partition coefficient (Wildman–Crippen LogP) is 2.50. The van der Waals surface area contributed by atoms with Crippen molar-refractivity contribution < 1.29 is 17.9 Å². The summed E-state index contributed by atoms with van der Waals surface area (Å²) in [5.41, 5.74) is 6.44. The minimum absolute atomic E-state index is 0.364. The largest absolute Gasteiger partial charge is 0.371 e. The van der Waals surface area contributed by atoms with Crippen molar-refractivity contribution in [3.05, 3.63) is 35.6 Å². The topological polar surface area (TPSA) is 35.2 Å². The molecule has 0 radical (unpaired) electrons. The van der Waals surface area contributed by atoms with E-state index in [9.17, 15) is 13.2 Å². The number of halogens is 3. The van der Waals surface area contributed by atoms with Crippen LogP contribution in [0.15, 0.2) is 24.3 Å². The molecule has 0 aliphatic rings. The van der Waals surface area contributed by atoms with E-state index in [4.69, 9.17) is 10.5 Å². The van der Waals surface area contributed by atoms with Gasteiger partial charge in [-0.15, -0.1) is 0 Å². The van der Waals surface area contributed by atoms with E-state index >= 15 is 0 Å². The summed E-state index contributed by atoms with van der Waals surface area (Å²) in [6.07, 6.45) is -3.05. The molecule has 1 aromatic carbocycles. The SMILES string of the molecule is CC(OCC(F)F)C(N)c1ccc(F)cc1. The second-order valence-corrected chi connectivity index (χ2v) is 3.51. The minimum Gasteiger partial charge on any atom is -0.371 e. The average molecular weight is 233 g/mol. The fourth-order valence-electron chi connectivity index (χ4n) is 1.28. The maximum atomic E-state index is 12.6. The molecule has 2 nitrogen and oxygen atoms in total. The Hall–Kier alpha value is -1.07. The van der Waals surface area contributed by atoms with Crippen molar-refractivity contribution in [2.45, 2.75) is 25.5 Å². The van der Waals surface area contributed by atoms with Crippen molar-refractivity contribution in [1.29, 1.82) is 0 Å². The minimum atomic E-state index is -2.51. The van der Waals surface area contributed by atoms with Gasteiger partial charge in [0.1, 0.15) is 12.4 Å². The zero-order valence-electron chi connectivity index (χ0n) is 8.87. The number of ether oxygens (including phenoxy) is 1. The van der Waals surface area contributed by atoms with E-state index in [0.29, 0.717) is 5.56 Å². The van der Waals surface area contributed by atoms with Crippen molar-refractivity contribution >= 4 is 0 Å². The lowest BCUT2D eigenvalue weighted by Crippen LogP contribution is -2.28. The molecule has 16 heavy (non-hydrogen) atoms. The summed E-state index contributed by atoms with van der Waals surface area (Å²) in [5.74, 6) is -0.364. The fraction of sp³-hybridized carbons (Fsp3) is 0.455. The number of alkyl halides is 2. The average Bonchev–Trinajstić information content (AvgIpc) is 2.26. The molecule has 0 fully saturated rings. The van der Waals surface area contributed by atoms with Crippen LogP contribution in [0.4, 0.5) is 13.2 Å². The highest BCUT2D eigenvalue weighted by atomic mass is 19.3. The Balaban J connectivity index is 2.56. The highest BCUT2D eigenvalue weighted by molar-refractivity contribution is 5.20. The van der Waals surface area contributed by atoms with Gasteiger partial charge in [0.2, 0.25) is 0 Å². The van der Waals surface area contributed by atoms with Crippen molar-refractivity contribution in [2.75, 3.05) is 6.61 Å². The molecule has 0 saturated carbocycles. The van der Waals surface area contributed by atoms with Crippen molar-refractivity contribution in [3.8, 4) is 0 Å². The molecule has 0 bridgehead atoms. The second kappa shape index (κ2) is 5.86. The van der Waals surface area contributed by atoms with Gasteiger partial charge < -0.3 is 10.5 Å². The van der Waals surface area contributed by atoms with Crippen LogP contribution in [-0.4, -0.2) is 19.1 Å². The molecule has 0 spiro atoms. The van der Waals surface area contributed by atoms with E-state index in [2.05, 4.69) is 0 Å². The van der Waals surface area contributed by atoms with Crippen LogP contribution in [0.5, 0.6) is 0 Å². The number of rotatable bonds is 5. The van der Waals surface area contributed by atoms with Crippen LogP contribution < -0.4 is 5.73 Å². The summed E-state index contributed by atoms with van der Waals surface area (Å²) >= 11 is 0. The molecule has 2 atom stereocenters. The summed E-state index contributed by atoms with van der Waals surface area (Å²) in [6.45, 7) is 0.965. The first-order valence-electron chi connectivity index (χ1n) is 4.91. The maximum absolute atomic E-state index is 12.6. The van der Waals surface area contributed by atoms with Crippen molar-refractivity contribution in [2.24, 2.45) is 5.73 Å². The van der Waals surface area contributed by atoms with Gasteiger partial charge in [-0.05, 0) is 24.6 Å². The van der Waals surface area contributed by atoms with Crippen LogP contribution in [0, 0.1) is 5.82 Å². The Morgan fingerprint density at radius 2 is 1.81 bits per heavy atom. The van der Waals surface area contributed by atoms with Gasteiger partial charge in [-0.1, -0.05) is 12.1 Å². The van der Waals surface area contributed by atoms with Crippen molar-refractivity contribution in [3.63, 3.8) is 0 Å². The van der Waals surface area contributed by atoms with Crippen LogP contribution in [0.25, 0.3) is 0 Å². The summed E-state index contributed by atoms with van der Waals surface area (Å²) in [5, 5.41) is 0. The molecule has 0 aliphatic carbocycles. The smallest absolute Gasteiger partial charge is 0.261 e. The van der Waals surface area contributed by atoms with E-state index in [1.165, 1.54) is 24.3 Å². The molecule has 2 N–H and O–H groups in total. The third-order valence-electron chi connectivity index (χ3n) is 2.25. The first-order chi connectivity index (χ1) is 7.50. The van der Waals surface area contributed by atoms with Crippen LogP contribution in [0.1, 0.15) is 18.5 Å². The number of nitrogens with two attached hydrogens (primary N) is 1. The van der Waals surface area contributed by atoms with E-state index in [-0.39, 0.29) is 5.82 Å². The molecular weight excluding hydrogens is 219 g/mol. The zero-order chi connectivity index (χ0) is 12.1. The van der Waals surface area contributed by atoms with Crippen LogP contribution in [0.2, 0.25) is 0 Å². The molecule has 0 heterocycles. The van der Waals surface area contributed by atoms with Crippen molar-refractivity contribution in [1.82, 2.24) is 0 Å².